The second-order valence-corrected chi connectivity index (χ2v) is 11.7. The Morgan fingerprint density at radius 1 is 0.895 bits per heavy atom. The van der Waals surface area contributed by atoms with Crippen molar-refractivity contribution in [2.75, 3.05) is 17.9 Å². The normalized spacial score (nSPS) is 12.1. The third kappa shape index (κ3) is 6.93. The average molecular weight is 617 g/mol. The number of likely N-dealkylation sites (N-methyl/N-ethyl adjacent to an activating group) is 1. The van der Waals surface area contributed by atoms with E-state index in [-0.39, 0.29) is 33.6 Å². The standard InChI is InChI=1S/C26H25Cl4N3O4S/c1-3-24(26(35)31-2)32(15-17-9-10-18(27)13-22(17)29)25(34)16-33(19-11-12-21(28)23(30)14-19)38(36,37)20-7-5-4-6-8-20/h4-14,24H,3,15-16H2,1-2H3,(H,31,35)/t24-/m0/s1. The summed E-state index contributed by atoms with van der Waals surface area (Å²) in [4.78, 5) is 27.9. The smallest absolute Gasteiger partial charge is 0.264 e. The fourth-order valence-electron chi connectivity index (χ4n) is 3.81. The zero-order valence-corrected chi connectivity index (χ0v) is 24.3. The number of nitrogens with one attached hydrogen (secondary N) is 1. The number of rotatable bonds is 10. The summed E-state index contributed by atoms with van der Waals surface area (Å²) in [5.41, 5.74) is 0.674. The van der Waals surface area contributed by atoms with Gasteiger partial charge in [-0.05, 0) is 54.4 Å². The van der Waals surface area contributed by atoms with Crippen molar-refractivity contribution in [1.82, 2.24) is 10.2 Å². The minimum Gasteiger partial charge on any atom is -0.357 e. The van der Waals surface area contributed by atoms with E-state index in [1.165, 1.54) is 48.3 Å². The Morgan fingerprint density at radius 2 is 1.58 bits per heavy atom. The van der Waals surface area contributed by atoms with Crippen molar-refractivity contribution in [1.29, 1.82) is 0 Å². The van der Waals surface area contributed by atoms with Gasteiger partial charge in [0.15, 0.2) is 0 Å². The SMILES string of the molecule is CC[C@@H](C(=O)NC)N(Cc1ccc(Cl)cc1Cl)C(=O)CN(c1ccc(Cl)c(Cl)c1)S(=O)(=O)c1ccccc1. The lowest BCUT2D eigenvalue weighted by Crippen LogP contribution is -2.51. The maximum atomic E-state index is 13.9. The molecule has 0 aliphatic heterocycles. The lowest BCUT2D eigenvalue weighted by molar-refractivity contribution is -0.140. The number of sulfonamides is 1. The Bertz CT molecular complexity index is 1420. The molecule has 38 heavy (non-hydrogen) atoms. The van der Waals surface area contributed by atoms with Gasteiger partial charge < -0.3 is 10.2 Å². The summed E-state index contributed by atoms with van der Waals surface area (Å²) < 4.78 is 28.4. The lowest BCUT2D eigenvalue weighted by atomic mass is 10.1. The quantitative estimate of drug-likeness (QED) is 0.300. The fraction of sp³-hybridized carbons (Fsp3) is 0.231. The zero-order chi connectivity index (χ0) is 28.0. The number of hydrogen-bond acceptors (Lipinski definition) is 4. The third-order valence-corrected chi connectivity index (χ3v) is 8.90. The highest BCUT2D eigenvalue weighted by atomic mass is 35.5. The van der Waals surface area contributed by atoms with E-state index in [1.54, 1.807) is 37.3 Å². The van der Waals surface area contributed by atoms with Gasteiger partial charge in [-0.15, -0.1) is 0 Å². The van der Waals surface area contributed by atoms with Crippen LogP contribution in [0.2, 0.25) is 20.1 Å². The van der Waals surface area contributed by atoms with Crippen LogP contribution >= 0.6 is 46.4 Å². The molecule has 0 aromatic heterocycles. The largest absolute Gasteiger partial charge is 0.357 e. The highest BCUT2D eigenvalue weighted by Gasteiger charge is 2.33. The molecular formula is C26H25Cl4N3O4S. The van der Waals surface area contributed by atoms with Crippen molar-refractivity contribution in [2.24, 2.45) is 0 Å². The van der Waals surface area contributed by atoms with Gasteiger partial charge in [0.2, 0.25) is 11.8 Å². The van der Waals surface area contributed by atoms with E-state index in [2.05, 4.69) is 5.32 Å². The van der Waals surface area contributed by atoms with Gasteiger partial charge in [0.25, 0.3) is 10.0 Å². The van der Waals surface area contributed by atoms with Gasteiger partial charge in [0.1, 0.15) is 12.6 Å². The van der Waals surface area contributed by atoms with E-state index >= 15 is 0 Å². The van der Waals surface area contributed by atoms with E-state index in [1.807, 2.05) is 0 Å². The highest BCUT2D eigenvalue weighted by molar-refractivity contribution is 7.92. The minimum atomic E-state index is -4.22. The fourth-order valence-corrected chi connectivity index (χ4v) is 6.00. The number of nitrogens with zero attached hydrogens (tertiary/aromatic N) is 2. The van der Waals surface area contributed by atoms with Crippen LogP contribution in [0.5, 0.6) is 0 Å². The number of benzene rings is 3. The second-order valence-electron chi connectivity index (χ2n) is 8.22. The lowest BCUT2D eigenvalue weighted by Gasteiger charge is -2.33. The predicted octanol–water partition coefficient (Wildman–Crippen LogP) is 6.05. The first-order chi connectivity index (χ1) is 18.0. The molecule has 0 radical (unpaired) electrons. The molecule has 0 saturated carbocycles. The summed E-state index contributed by atoms with van der Waals surface area (Å²) in [5, 5.41) is 3.62. The van der Waals surface area contributed by atoms with Gasteiger partial charge in [0, 0.05) is 23.6 Å². The Hall–Kier alpha value is -2.49. The number of hydrogen-bond donors (Lipinski definition) is 1. The first kappa shape index (κ1) is 30.1. The number of amides is 2. The molecule has 0 heterocycles. The van der Waals surface area contributed by atoms with Crippen molar-refractivity contribution >= 4 is 73.9 Å². The number of halogens is 4. The van der Waals surface area contributed by atoms with Crippen molar-refractivity contribution < 1.29 is 18.0 Å². The first-order valence-corrected chi connectivity index (χ1v) is 14.4. The van der Waals surface area contributed by atoms with E-state index in [0.717, 1.165) is 4.31 Å². The maximum Gasteiger partial charge on any atom is 0.264 e. The van der Waals surface area contributed by atoms with Gasteiger partial charge in [-0.3, -0.25) is 13.9 Å². The van der Waals surface area contributed by atoms with E-state index in [0.29, 0.717) is 15.6 Å². The van der Waals surface area contributed by atoms with Crippen LogP contribution in [0.3, 0.4) is 0 Å². The van der Waals surface area contributed by atoms with Crippen LogP contribution in [-0.4, -0.2) is 44.8 Å². The molecule has 0 saturated heterocycles. The van der Waals surface area contributed by atoms with Crippen molar-refractivity contribution in [2.45, 2.75) is 30.8 Å². The average Bonchev–Trinajstić information content (AvgIpc) is 2.90. The number of carbonyl (C=O) groups excluding carboxylic acids is 2. The molecule has 0 unspecified atom stereocenters. The van der Waals surface area contributed by atoms with Gasteiger partial charge in [0.05, 0.1) is 20.6 Å². The molecule has 7 nitrogen and oxygen atoms in total. The number of anilines is 1. The van der Waals surface area contributed by atoms with E-state index < -0.39 is 34.4 Å². The van der Waals surface area contributed by atoms with E-state index in [9.17, 15) is 18.0 Å². The molecule has 3 aromatic carbocycles. The maximum absolute atomic E-state index is 13.9. The van der Waals surface area contributed by atoms with Crippen LogP contribution in [0.25, 0.3) is 0 Å². The van der Waals surface area contributed by atoms with Crippen LogP contribution in [-0.2, 0) is 26.2 Å². The topological polar surface area (TPSA) is 86.8 Å². The van der Waals surface area contributed by atoms with Crippen LogP contribution in [0.15, 0.2) is 71.6 Å². The van der Waals surface area contributed by atoms with Crippen molar-refractivity contribution in [3.63, 3.8) is 0 Å². The summed E-state index contributed by atoms with van der Waals surface area (Å²) in [5.74, 6) is -1.03. The molecule has 202 valence electrons. The van der Waals surface area contributed by atoms with Crippen molar-refractivity contribution in [3.05, 3.63) is 92.4 Å². The predicted molar refractivity (Wildman–Crippen MR) is 153 cm³/mol. The monoisotopic (exact) mass is 615 g/mol. The molecule has 12 heteroatoms. The Balaban J connectivity index is 2.09. The van der Waals surface area contributed by atoms with Gasteiger partial charge in [-0.2, -0.15) is 0 Å². The molecule has 0 spiro atoms. The molecule has 2 amide bonds. The van der Waals surface area contributed by atoms with Crippen LogP contribution in [0.4, 0.5) is 5.69 Å². The molecule has 0 aliphatic carbocycles. The molecule has 0 bridgehead atoms. The van der Waals surface area contributed by atoms with Gasteiger partial charge in [-0.1, -0.05) is 77.6 Å². The molecular weight excluding hydrogens is 592 g/mol. The van der Waals surface area contributed by atoms with Gasteiger partial charge >= 0.3 is 0 Å². The minimum absolute atomic E-state index is 0.0236. The van der Waals surface area contributed by atoms with Crippen LogP contribution in [0, 0.1) is 0 Å². The first-order valence-electron chi connectivity index (χ1n) is 11.5. The summed E-state index contributed by atoms with van der Waals surface area (Å²) in [6.45, 7) is 1.08. The van der Waals surface area contributed by atoms with E-state index in [4.69, 9.17) is 46.4 Å². The summed E-state index contributed by atoms with van der Waals surface area (Å²) in [7, 11) is -2.75. The molecule has 1 N–H and O–H groups in total. The molecule has 3 rings (SSSR count). The summed E-state index contributed by atoms with van der Waals surface area (Å²) >= 11 is 24.7. The third-order valence-electron chi connectivity index (χ3n) is 5.79. The van der Waals surface area contributed by atoms with Crippen molar-refractivity contribution in [3.8, 4) is 0 Å². The van der Waals surface area contributed by atoms with Crippen LogP contribution < -0.4 is 9.62 Å². The van der Waals surface area contributed by atoms with Crippen LogP contribution in [0.1, 0.15) is 18.9 Å². The highest BCUT2D eigenvalue weighted by Crippen LogP contribution is 2.31. The second kappa shape index (κ2) is 13.0. The Morgan fingerprint density at radius 3 is 2.16 bits per heavy atom. The molecule has 0 aliphatic rings. The Kier molecular flexibility index (Phi) is 10.3. The Labute approximate surface area is 242 Å². The molecule has 1 atom stereocenters. The summed E-state index contributed by atoms with van der Waals surface area (Å²) in [6, 6.07) is 15.9. The van der Waals surface area contributed by atoms with Gasteiger partial charge in [-0.25, -0.2) is 8.42 Å². The molecule has 0 fully saturated rings. The molecule has 3 aromatic rings. The number of carbonyl (C=O) groups is 2. The zero-order valence-electron chi connectivity index (χ0n) is 20.5. The summed E-state index contributed by atoms with van der Waals surface area (Å²) in [6.07, 6.45) is 0.273.